The van der Waals surface area contributed by atoms with Crippen LogP contribution in [0, 0.1) is 6.92 Å². The first-order valence-electron chi connectivity index (χ1n) is 10.2. The van der Waals surface area contributed by atoms with E-state index in [9.17, 15) is 5.11 Å². The second-order valence-electron chi connectivity index (χ2n) is 7.41. The zero-order valence-electron chi connectivity index (χ0n) is 17.7. The molecule has 4 aromatic rings. The van der Waals surface area contributed by atoms with Gasteiger partial charge in [-0.05, 0) is 42.8 Å². The fraction of sp³-hybridized carbons (Fsp3) is 0.0769. The lowest BCUT2D eigenvalue weighted by Gasteiger charge is -2.07. The lowest BCUT2D eigenvalue weighted by atomic mass is 9.97. The Labute approximate surface area is 190 Å². The fourth-order valence-electron chi connectivity index (χ4n) is 3.66. The summed E-state index contributed by atoms with van der Waals surface area (Å²) in [5, 5.41) is 14.5. The van der Waals surface area contributed by atoms with Gasteiger partial charge >= 0.3 is 0 Å². The summed E-state index contributed by atoms with van der Waals surface area (Å²) in [6.45, 7) is 2.03. The zero-order valence-corrected chi connectivity index (χ0v) is 18.5. The molecular weight excluding hydrogens is 418 g/mol. The summed E-state index contributed by atoms with van der Waals surface area (Å²) < 4.78 is 5.44. The second-order valence-corrected chi connectivity index (χ2v) is 8.44. The van der Waals surface area contributed by atoms with Gasteiger partial charge in [-0.3, -0.25) is 0 Å². The summed E-state index contributed by atoms with van der Waals surface area (Å²) in [5.41, 5.74) is 6.70. The van der Waals surface area contributed by atoms with Crippen molar-refractivity contribution in [2.75, 3.05) is 12.4 Å². The first-order valence-corrected chi connectivity index (χ1v) is 11.0. The second kappa shape index (κ2) is 8.32. The first kappa shape index (κ1) is 20.0. The number of nitrogens with zero attached hydrogens (tertiary/aromatic N) is 2. The number of rotatable bonds is 5. The maximum absolute atomic E-state index is 10.6. The Morgan fingerprint density at radius 3 is 2.56 bits per heavy atom. The Kier molecular flexibility index (Phi) is 5.21. The smallest absolute Gasteiger partial charge is 0.231 e. The number of para-hydroxylation sites is 1. The Balaban J connectivity index is 1.58. The highest BCUT2D eigenvalue weighted by Gasteiger charge is 2.24. The van der Waals surface area contributed by atoms with E-state index < -0.39 is 0 Å². The number of hydrogen-bond donors (Lipinski definition) is 2. The van der Waals surface area contributed by atoms with Crippen LogP contribution in [0.5, 0.6) is 11.6 Å². The average Bonchev–Trinajstić information content (AvgIpc) is 3.35. The van der Waals surface area contributed by atoms with E-state index in [0.717, 1.165) is 45.1 Å². The topological polar surface area (TPSA) is 66.7 Å². The molecule has 1 aromatic heterocycles. The van der Waals surface area contributed by atoms with E-state index in [0.29, 0.717) is 10.0 Å². The lowest BCUT2D eigenvalue weighted by Crippen LogP contribution is -1.99. The van der Waals surface area contributed by atoms with E-state index in [1.165, 1.54) is 11.3 Å². The maximum atomic E-state index is 10.6. The van der Waals surface area contributed by atoms with Crippen molar-refractivity contribution >= 4 is 45.2 Å². The molecule has 0 saturated heterocycles. The van der Waals surface area contributed by atoms with Crippen LogP contribution in [0.1, 0.15) is 21.6 Å². The zero-order chi connectivity index (χ0) is 22.1. The van der Waals surface area contributed by atoms with E-state index in [1.54, 1.807) is 7.11 Å². The lowest BCUT2D eigenvalue weighted by molar-refractivity contribution is 0.415. The number of aliphatic imine (C=N–C) groups is 1. The van der Waals surface area contributed by atoms with E-state index in [2.05, 4.69) is 10.3 Å². The number of nitrogens with one attached hydrogen (secondary N) is 1. The molecule has 6 heteroatoms. The van der Waals surface area contributed by atoms with Crippen LogP contribution in [0.3, 0.4) is 0 Å². The Morgan fingerprint density at radius 1 is 1.00 bits per heavy atom. The van der Waals surface area contributed by atoms with Gasteiger partial charge in [0.1, 0.15) is 5.75 Å². The molecule has 2 heterocycles. The van der Waals surface area contributed by atoms with Crippen molar-refractivity contribution in [2.45, 2.75) is 6.92 Å². The van der Waals surface area contributed by atoms with Crippen LogP contribution in [0.15, 0.2) is 77.8 Å². The van der Waals surface area contributed by atoms with Gasteiger partial charge in [-0.1, -0.05) is 59.9 Å². The van der Waals surface area contributed by atoms with Gasteiger partial charge in [-0.25, -0.2) is 4.99 Å². The van der Waals surface area contributed by atoms with Crippen LogP contribution in [-0.4, -0.2) is 22.9 Å². The molecule has 5 nitrogen and oxygen atoms in total. The maximum Gasteiger partial charge on any atom is 0.231 e. The summed E-state index contributed by atoms with van der Waals surface area (Å²) in [6, 6.07) is 23.9. The third kappa shape index (κ3) is 3.76. The number of benzene rings is 3. The molecular formula is C26H21N3O2S. The molecule has 0 bridgehead atoms. The quantitative estimate of drug-likeness (QED) is 0.368. The molecule has 1 aliphatic rings. The van der Waals surface area contributed by atoms with Gasteiger partial charge in [0.05, 0.1) is 23.4 Å². The van der Waals surface area contributed by atoms with Crippen LogP contribution in [0.4, 0.5) is 16.5 Å². The van der Waals surface area contributed by atoms with Crippen molar-refractivity contribution < 1.29 is 9.84 Å². The van der Waals surface area contributed by atoms with E-state index in [-0.39, 0.29) is 5.88 Å². The van der Waals surface area contributed by atoms with Gasteiger partial charge in [0.2, 0.25) is 5.88 Å². The van der Waals surface area contributed by atoms with Crippen molar-refractivity contribution in [1.82, 2.24) is 4.98 Å². The summed E-state index contributed by atoms with van der Waals surface area (Å²) in [6.07, 6.45) is 1.95. The third-order valence-corrected chi connectivity index (χ3v) is 6.23. The number of fused-ring (bicyclic) bond motifs is 1. The summed E-state index contributed by atoms with van der Waals surface area (Å²) in [7, 11) is 1.65. The SMILES string of the molecule is COc1ccc2c(c1)C(=Cc1sc(Nc3ccccc3C)nc1O)C(c1ccccc1)=N2. The number of thiazole rings is 1. The Bertz CT molecular complexity index is 1360. The van der Waals surface area contributed by atoms with Gasteiger partial charge in [0.15, 0.2) is 5.13 Å². The molecule has 0 radical (unpaired) electrons. The van der Waals surface area contributed by atoms with Crippen molar-refractivity contribution in [3.63, 3.8) is 0 Å². The molecule has 0 spiro atoms. The number of aryl methyl sites for hydroxylation is 1. The van der Waals surface area contributed by atoms with Gasteiger partial charge in [0.25, 0.3) is 0 Å². The van der Waals surface area contributed by atoms with Crippen molar-refractivity contribution in [2.24, 2.45) is 4.99 Å². The number of aromatic hydroxyl groups is 1. The molecule has 5 rings (SSSR count). The van der Waals surface area contributed by atoms with Crippen LogP contribution in [0.25, 0.3) is 11.6 Å². The van der Waals surface area contributed by atoms with Gasteiger partial charge in [-0.2, -0.15) is 4.98 Å². The largest absolute Gasteiger partial charge is 0.497 e. The highest BCUT2D eigenvalue weighted by molar-refractivity contribution is 7.16. The fourth-order valence-corrected chi connectivity index (χ4v) is 4.47. The normalized spacial score (nSPS) is 13.7. The van der Waals surface area contributed by atoms with E-state index in [1.807, 2.05) is 85.8 Å². The number of anilines is 2. The predicted octanol–water partition coefficient (Wildman–Crippen LogP) is 6.58. The molecule has 2 N–H and O–H groups in total. The highest BCUT2D eigenvalue weighted by Crippen LogP contribution is 2.42. The monoisotopic (exact) mass is 439 g/mol. The Morgan fingerprint density at radius 2 is 1.78 bits per heavy atom. The summed E-state index contributed by atoms with van der Waals surface area (Å²) in [5.74, 6) is 0.747. The molecule has 0 aliphatic carbocycles. The molecule has 3 aromatic carbocycles. The molecule has 0 fully saturated rings. The molecule has 0 amide bonds. The van der Waals surface area contributed by atoms with Crippen LogP contribution in [0.2, 0.25) is 0 Å². The third-order valence-electron chi connectivity index (χ3n) is 5.33. The first-order chi connectivity index (χ1) is 15.6. The summed E-state index contributed by atoms with van der Waals surface area (Å²) >= 11 is 1.40. The minimum Gasteiger partial charge on any atom is -0.497 e. The number of methoxy groups -OCH3 is 1. The van der Waals surface area contributed by atoms with Crippen molar-refractivity contribution in [1.29, 1.82) is 0 Å². The van der Waals surface area contributed by atoms with Crippen LogP contribution in [-0.2, 0) is 0 Å². The summed E-state index contributed by atoms with van der Waals surface area (Å²) in [4.78, 5) is 9.86. The number of allylic oxidation sites excluding steroid dienone is 1. The molecule has 158 valence electrons. The van der Waals surface area contributed by atoms with Crippen molar-refractivity contribution in [3.05, 3.63) is 94.4 Å². The van der Waals surface area contributed by atoms with Crippen LogP contribution >= 0.6 is 11.3 Å². The van der Waals surface area contributed by atoms with Gasteiger partial charge < -0.3 is 15.2 Å². The molecule has 0 saturated carbocycles. The number of ether oxygens (including phenoxy) is 1. The minimum atomic E-state index is -0.0117. The number of hydrogen-bond acceptors (Lipinski definition) is 6. The molecule has 0 unspecified atom stereocenters. The van der Waals surface area contributed by atoms with Gasteiger partial charge in [-0.15, -0.1) is 0 Å². The van der Waals surface area contributed by atoms with E-state index in [4.69, 9.17) is 9.73 Å². The Hall–Kier alpha value is -3.90. The predicted molar refractivity (Wildman–Crippen MR) is 132 cm³/mol. The highest BCUT2D eigenvalue weighted by atomic mass is 32.1. The van der Waals surface area contributed by atoms with Gasteiger partial charge in [0, 0.05) is 22.4 Å². The minimum absolute atomic E-state index is 0.0117. The van der Waals surface area contributed by atoms with Crippen molar-refractivity contribution in [3.8, 4) is 11.6 Å². The standard InChI is InChI=1S/C26H21N3O2S/c1-16-8-6-7-11-21(16)28-26-29-25(30)23(32-26)15-20-19-14-18(31-2)12-13-22(19)27-24(20)17-9-4-3-5-10-17/h3-15,30H,1-2H3,(H,28,29). The molecule has 1 aliphatic heterocycles. The molecule has 32 heavy (non-hydrogen) atoms. The van der Waals surface area contributed by atoms with E-state index >= 15 is 0 Å². The average molecular weight is 440 g/mol. The molecule has 0 atom stereocenters. The van der Waals surface area contributed by atoms with Crippen LogP contribution < -0.4 is 10.1 Å². The number of aromatic nitrogens is 1.